The lowest BCUT2D eigenvalue weighted by molar-refractivity contribution is 0.612. The van der Waals surface area contributed by atoms with Crippen molar-refractivity contribution in [2.45, 2.75) is 6.54 Å². The van der Waals surface area contributed by atoms with E-state index in [9.17, 15) is 4.39 Å². The van der Waals surface area contributed by atoms with Gasteiger partial charge in [0.1, 0.15) is 5.82 Å². The standard InChI is InChI=1S/C16H13BrFN3/c17-13-3-2-12(16(18)10-13)11-19-14-4-6-15(7-5-14)21-9-1-8-20-21/h1-10,19H,11H2. The molecule has 0 saturated carbocycles. The summed E-state index contributed by atoms with van der Waals surface area (Å²) < 4.78 is 16.3. The van der Waals surface area contributed by atoms with Crippen LogP contribution in [0.2, 0.25) is 0 Å². The molecule has 5 heteroatoms. The normalized spacial score (nSPS) is 10.6. The van der Waals surface area contributed by atoms with Gasteiger partial charge >= 0.3 is 0 Å². The van der Waals surface area contributed by atoms with E-state index in [0.29, 0.717) is 12.1 Å². The van der Waals surface area contributed by atoms with Gasteiger partial charge in [-0.05, 0) is 42.5 Å². The molecular formula is C16H13BrFN3. The molecule has 21 heavy (non-hydrogen) atoms. The maximum Gasteiger partial charge on any atom is 0.129 e. The third-order valence-corrected chi connectivity index (χ3v) is 3.63. The van der Waals surface area contributed by atoms with Crippen molar-refractivity contribution in [1.82, 2.24) is 9.78 Å². The number of aromatic nitrogens is 2. The third-order valence-electron chi connectivity index (χ3n) is 3.13. The second-order valence-electron chi connectivity index (χ2n) is 4.59. The van der Waals surface area contributed by atoms with E-state index in [0.717, 1.165) is 15.8 Å². The summed E-state index contributed by atoms with van der Waals surface area (Å²) in [7, 11) is 0. The first-order valence-electron chi connectivity index (χ1n) is 6.50. The fourth-order valence-corrected chi connectivity index (χ4v) is 2.35. The molecule has 0 radical (unpaired) electrons. The van der Waals surface area contributed by atoms with E-state index in [1.807, 2.05) is 42.6 Å². The number of hydrogen-bond donors (Lipinski definition) is 1. The number of halogens is 2. The van der Waals surface area contributed by atoms with Crippen LogP contribution in [-0.4, -0.2) is 9.78 Å². The van der Waals surface area contributed by atoms with Gasteiger partial charge in [-0.15, -0.1) is 0 Å². The number of anilines is 1. The maximum absolute atomic E-state index is 13.7. The Labute approximate surface area is 130 Å². The molecule has 0 aliphatic rings. The lowest BCUT2D eigenvalue weighted by Gasteiger charge is -2.09. The molecule has 3 nitrogen and oxygen atoms in total. The van der Waals surface area contributed by atoms with E-state index < -0.39 is 0 Å². The monoisotopic (exact) mass is 345 g/mol. The Morgan fingerprint density at radius 3 is 2.62 bits per heavy atom. The van der Waals surface area contributed by atoms with Crippen LogP contribution in [0, 0.1) is 5.82 Å². The number of rotatable bonds is 4. The molecule has 0 aliphatic heterocycles. The van der Waals surface area contributed by atoms with Crippen LogP contribution < -0.4 is 5.32 Å². The molecule has 0 spiro atoms. The average molecular weight is 346 g/mol. The Balaban J connectivity index is 1.68. The van der Waals surface area contributed by atoms with Crippen LogP contribution in [0.1, 0.15) is 5.56 Å². The van der Waals surface area contributed by atoms with Gasteiger partial charge in [0, 0.05) is 34.7 Å². The highest BCUT2D eigenvalue weighted by molar-refractivity contribution is 9.10. The zero-order valence-corrected chi connectivity index (χ0v) is 12.7. The molecule has 0 fully saturated rings. The van der Waals surface area contributed by atoms with Crippen molar-refractivity contribution < 1.29 is 4.39 Å². The smallest absolute Gasteiger partial charge is 0.129 e. The fraction of sp³-hybridized carbons (Fsp3) is 0.0625. The van der Waals surface area contributed by atoms with Gasteiger partial charge in [-0.1, -0.05) is 22.0 Å². The first-order valence-corrected chi connectivity index (χ1v) is 7.29. The number of nitrogens with zero attached hydrogens (tertiary/aromatic N) is 2. The van der Waals surface area contributed by atoms with Crippen molar-refractivity contribution in [2.24, 2.45) is 0 Å². The molecule has 0 unspecified atom stereocenters. The van der Waals surface area contributed by atoms with Crippen LogP contribution in [0.15, 0.2) is 65.4 Å². The summed E-state index contributed by atoms with van der Waals surface area (Å²) >= 11 is 3.25. The molecule has 3 aromatic rings. The van der Waals surface area contributed by atoms with Crippen molar-refractivity contribution in [3.63, 3.8) is 0 Å². The molecule has 1 heterocycles. The van der Waals surface area contributed by atoms with Gasteiger partial charge in [0.25, 0.3) is 0 Å². The minimum atomic E-state index is -0.218. The summed E-state index contributed by atoms with van der Waals surface area (Å²) in [5.74, 6) is -0.218. The van der Waals surface area contributed by atoms with E-state index in [-0.39, 0.29) is 5.82 Å². The number of nitrogens with one attached hydrogen (secondary N) is 1. The SMILES string of the molecule is Fc1cc(Br)ccc1CNc1ccc(-n2cccn2)cc1. The Morgan fingerprint density at radius 1 is 1.14 bits per heavy atom. The second kappa shape index (κ2) is 6.10. The molecular weight excluding hydrogens is 333 g/mol. The highest BCUT2D eigenvalue weighted by Crippen LogP contribution is 2.18. The predicted octanol–water partition coefficient (Wildman–Crippen LogP) is 4.39. The van der Waals surface area contributed by atoms with Gasteiger partial charge in [-0.3, -0.25) is 0 Å². The fourth-order valence-electron chi connectivity index (χ4n) is 2.02. The largest absolute Gasteiger partial charge is 0.381 e. The van der Waals surface area contributed by atoms with Gasteiger partial charge in [-0.25, -0.2) is 9.07 Å². The first kappa shape index (κ1) is 13.8. The molecule has 0 atom stereocenters. The van der Waals surface area contributed by atoms with Crippen LogP contribution in [0.25, 0.3) is 5.69 Å². The maximum atomic E-state index is 13.7. The molecule has 0 amide bonds. The highest BCUT2D eigenvalue weighted by Gasteiger charge is 2.03. The third kappa shape index (κ3) is 3.31. The molecule has 3 rings (SSSR count). The number of benzene rings is 2. The minimum Gasteiger partial charge on any atom is -0.381 e. The van der Waals surface area contributed by atoms with Crippen molar-refractivity contribution in [1.29, 1.82) is 0 Å². The van der Waals surface area contributed by atoms with Crippen molar-refractivity contribution in [3.05, 3.63) is 76.8 Å². The van der Waals surface area contributed by atoms with E-state index >= 15 is 0 Å². The summed E-state index contributed by atoms with van der Waals surface area (Å²) in [6, 6.07) is 14.8. The summed E-state index contributed by atoms with van der Waals surface area (Å²) in [5, 5.41) is 7.38. The Kier molecular flexibility index (Phi) is 4.01. The van der Waals surface area contributed by atoms with E-state index in [1.54, 1.807) is 16.9 Å². The van der Waals surface area contributed by atoms with Crippen molar-refractivity contribution >= 4 is 21.6 Å². The summed E-state index contributed by atoms with van der Waals surface area (Å²) in [6.07, 6.45) is 3.63. The van der Waals surface area contributed by atoms with Crippen LogP contribution >= 0.6 is 15.9 Å². The predicted molar refractivity (Wildman–Crippen MR) is 85.0 cm³/mol. The average Bonchev–Trinajstić information content (AvgIpc) is 3.01. The van der Waals surface area contributed by atoms with E-state index in [1.165, 1.54) is 6.07 Å². The summed E-state index contributed by atoms with van der Waals surface area (Å²) in [6.45, 7) is 0.445. The first-order chi connectivity index (χ1) is 10.2. The zero-order valence-electron chi connectivity index (χ0n) is 11.1. The van der Waals surface area contributed by atoms with Gasteiger partial charge in [-0.2, -0.15) is 5.10 Å². The summed E-state index contributed by atoms with van der Waals surface area (Å²) in [4.78, 5) is 0. The van der Waals surface area contributed by atoms with Crippen LogP contribution in [-0.2, 0) is 6.54 Å². The van der Waals surface area contributed by atoms with E-state index in [4.69, 9.17) is 0 Å². The Morgan fingerprint density at radius 2 is 1.95 bits per heavy atom. The van der Waals surface area contributed by atoms with E-state index in [2.05, 4.69) is 26.3 Å². The van der Waals surface area contributed by atoms with Gasteiger partial charge < -0.3 is 5.32 Å². The zero-order chi connectivity index (χ0) is 14.7. The van der Waals surface area contributed by atoms with Crippen LogP contribution in [0.4, 0.5) is 10.1 Å². The molecule has 0 saturated heterocycles. The highest BCUT2D eigenvalue weighted by atomic mass is 79.9. The Hall–Kier alpha value is -2.14. The number of hydrogen-bond acceptors (Lipinski definition) is 2. The van der Waals surface area contributed by atoms with Gasteiger partial charge in [0.15, 0.2) is 0 Å². The molecule has 1 aromatic heterocycles. The lowest BCUT2D eigenvalue weighted by Crippen LogP contribution is -2.02. The molecule has 0 aliphatic carbocycles. The topological polar surface area (TPSA) is 29.9 Å². The quantitative estimate of drug-likeness (QED) is 0.760. The molecule has 106 valence electrons. The molecule has 1 N–H and O–H groups in total. The second-order valence-corrected chi connectivity index (χ2v) is 5.50. The lowest BCUT2D eigenvalue weighted by atomic mass is 10.2. The van der Waals surface area contributed by atoms with Crippen molar-refractivity contribution in [2.75, 3.05) is 5.32 Å². The summed E-state index contributed by atoms with van der Waals surface area (Å²) in [5.41, 5.74) is 2.56. The minimum absolute atomic E-state index is 0.218. The van der Waals surface area contributed by atoms with Gasteiger partial charge in [0.05, 0.1) is 5.69 Å². The molecule has 2 aromatic carbocycles. The Bertz CT molecular complexity index is 724. The van der Waals surface area contributed by atoms with Crippen molar-refractivity contribution in [3.8, 4) is 5.69 Å². The van der Waals surface area contributed by atoms with Gasteiger partial charge in [0.2, 0.25) is 0 Å². The van der Waals surface area contributed by atoms with Crippen LogP contribution in [0.3, 0.4) is 0 Å². The molecule has 0 bridgehead atoms. The van der Waals surface area contributed by atoms with Crippen LogP contribution in [0.5, 0.6) is 0 Å².